The molecule has 1 aliphatic heterocycles. The largest absolute Gasteiger partial charge is 0.467 e. The first-order valence-electron chi connectivity index (χ1n) is 8.87. The maximum absolute atomic E-state index is 12.6. The quantitative estimate of drug-likeness (QED) is 0.462. The van der Waals surface area contributed by atoms with E-state index in [2.05, 4.69) is 11.9 Å². The molecule has 1 unspecified atom stereocenters. The van der Waals surface area contributed by atoms with Crippen LogP contribution < -0.4 is 5.32 Å². The molecular weight excluding hydrogens is 348 g/mol. The lowest BCUT2D eigenvalue weighted by atomic mass is 9.92. The number of nitrogens with zero attached hydrogens (tertiary/aromatic N) is 1. The van der Waals surface area contributed by atoms with Gasteiger partial charge in [-0.15, -0.1) is 6.58 Å². The fourth-order valence-electron chi connectivity index (χ4n) is 3.96. The molecule has 1 heterocycles. The SMILES string of the molecule is C=CC1CC[C@@H]2C(=O)N(CC(=O)N[C@H](C(=O)OC)c3ccccc3)C(=O)[C@H]12. The molecular formula is C20H22N2O5. The molecule has 2 fully saturated rings. The number of methoxy groups -OCH3 is 1. The Morgan fingerprint density at radius 1 is 1.26 bits per heavy atom. The van der Waals surface area contributed by atoms with Crippen molar-refractivity contribution in [2.75, 3.05) is 13.7 Å². The lowest BCUT2D eigenvalue weighted by molar-refractivity contribution is -0.147. The lowest BCUT2D eigenvalue weighted by Gasteiger charge is -2.20. The number of hydrogen-bond donors (Lipinski definition) is 1. The van der Waals surface area contributed by atoms with Crippen molar-refractivity contribution < 1.29 is 23.9 Å². The summed E-state index contributed by atoms with van der Waals surface area (Å²) in [4.78, 5) is 50.7. The van der Waals surface area contributed by atoms with Gasteiger partial charge in [-0.2, -0.15) is 0 Å². The molecule has 3 amide bonds. The van der Waals surface area contributed by atoms with E-state index in [1.54, 1.807) is 36.4 Å². The Kier molecular flexibility index (Phi) is 5.39. The van der Waals surface area contributed by atoms with Gasteiger partial charge in [-0.3, -0.25) is 19.3 Å². The molecule has 1 aliphatic carbocycles. The molecule has 0 radical (unpaired) electrons. The third kappa shape index (κ3) is 3.49. The first-order valence-corrected chi connectivity index (χ1v) is 8.87. The number of hydrogen-bond acceptors (Lipinski definition) is 5. The number of benzene rings is 1. The van der Waals surface area contributed by atoms with Gasteiger partial charge in [-0.25, -0.2) is 4.79 Å². The van der Waals surface area contributed by atoms with Gasteiger partial charge in [-0.1, -0.05) is 36.4 Å². The molecule has 0 spiro atoms. The molecule has 1 N–H and O–H groups in total. The van der Waals surface area contributed by atoms with Crippen LogP contribution in [0, 0.1) is 17.8 Å². The van der Waals surface area contributed by atoms with Crippen LogP contribution in [0.1, 0.15) is 24.4 Å². The van der Waals surface area contributed by atoms with Crippen molar-refractivity contribution in [3.05, 3.63) is 48.6 Å². The molecule has 27 heavy (non-hydrogen) atoms. The van der Waals surface area contributed by atoms with E-state index in [0.29, 0.717) is 12.0 Å². The van der Waals surface area contributed by atoms with Crippen molar-refractivity contribution in [3.63, 3.8) is 0 Å². The summed E-state index contributed by atoms with van der Waals surface area (Å²) in [6, 6.07) is 7.64. The summed E-state index contributed by atoms with van der Waals surface area (Å²) in [6.07, 6.45) is 3.09. The molecule has 0 bridgehead atoms. The van der Waals surface area contributed by atoms with Crippen LogP contribution in [0.15, 0.2) is 43.0 Å². The predicted molar refractivity (Wildman–Crippen MR) is 96.0 cm³/mol. The second kappa shape index (κ2) is 7.73. The number of imide groups is 1. The number of carbonyl (C=O) groups excluding carboxylic acids is 4. The minimum Gasteiger partial charge on any atom is -0.467 e. The highest BCUT2D eigenvalue weighted by Crippen LogP contribution is 2.44. The van der Waals surface area contributed by atoms with Crippen LogP contribution in [-0.4, -0.2) is 42.2 Å². The summed E-state index contributed by atoms with van der Waals surface area (Å²) >= 11 is 0. The highest BCUT2D eigenvalue weighted by Gasteiger charge is 2.53. The molecule has 7 nitrogen and oxygen atoms in total. The van der Waals surface area contributed by atoms with Crippen molar-refractivity contribution in [1.82, 2.24) is 10.2 Å². The number of nitrogens with one attached hydrogen (secondary N) is 1. The van der Waals surface area contributed by atoms with Crippen molar-refractivity contribution in [1.29, 1.82) is 0 Å². The summed E-state index contributed by atoms with van der Waals surface area (Å²) in [5.41, 5.74) is 0.556. The first kappa shape index (κ1) is 18.8. The van der Waals surface area contributed by atoms with E-state index in [-0.39, 0.29) is 23.7 Å². The van der Waals surface area contributed by atoms with Gasteiger partial charge in [0.25, 0.3) is 0 Å². The topological polar surface area (TPSA) is 92.8 Å². The minimum atomic E-state index is -1.00. The number of allylic oxidation sites excluding steroid dienone is 1. The Hall–Kier alpha value is -2.96. The monoisotopic (exact) mass is 370 g/mol. The summed E-state index contributed by atoms with van der Waals surface area (Å²) in [7, 11) is 1.23. The Labute approximate surface area is 157 Å². The molecule has 2 aliphatic rings. The Balaban J connectivity index is 1.71. The van der Waals surface area contributed by atoms with Crippen LogP contribution in [0.25, 0.3) is 0 Å². The third-order valence-electron chi connectivity index (χ3n) is 5.32. The summed E-state index contributed by atoms with van der Waals surface area (Å²) in [5, 5.41) is 2.56. The number of carbonyl (C=O) groups is 4. The van der Waals surface area contributed by atoms with Gasteiger partial charge in [0.15, 0.2) is 6.04 Å². The lowest BCUT2D eigenvalue weighted by Crippen LogP contribution is -2.44. The van der Waals surface area contributed by atoms with Crippen LogP contribution >= 0.6 is 0 Å². The van der Waals surface area contributed by atoms with E-state index < -0.39 is 30.4 Å². The third-order valence-corrected chi connectivity index (χ3v) is 5.32. The fraction of sp³-hybridized carbons (Fsp3) is 0.400. The molecule has 7 heteroatoms. The van der Waals surface area contributed by atoms with Gasteiger partial charge in [-0.05, 0) is 24.3 Å². The minimum absolute atomic E-state index is 0.0355. The normalized spacial score (nSPS) is 25.1. The zero-order valence-corrected chi connectivity index (χ0v) is 15.1. The number of fused-ring (bicyclic) bond motifs is 1. The van der Waals surface area contributed by atoms with E-state index in [1.807, 2.05) is 0 Å². The van der Waals surface area contributed by atoms with Crippen molar-refractivity contribution >= 4 is 23.7 Å². The standard InChI is InChI=1S/C20H22N2O5/c1-3-12-9-10-14-16(12)19(25)22(18(14)24)11-15(23)21-17(20(26)27-2)13-7-5-4-6-8-13/h3-8,12,14,16-17H,1,9-11H2,2H3,(H,21,23)/t12?,14-,16+,17-/m0/s1. The van der Waals surface area contributed by atoms with Crippen LogP contribution in [0.5, 0.6) is 0 Å². The average Bonchev–Trinajstić information content (AvgIpc) is 3.21. The zero-order chi connectivity index (χ0) is 19.6. The van der Waals surface area contributed by atoms with Crippen LogP contribution in [-0.2, 0) is 23.9 Å². The summed E-state index contributed by atoms with van der Waals surface area (Å²) < 4.78 is 4.76. The van der Waals surface area contributed by atoms with E-state index in [9.17, 15) is 19.2 Å². The molecule has 1 aromatic rings. The first-order chi connectivity index (χ1) is 13.0. The maximum Gasteiger partial charge on any atom is 0.333 e. The van der Waals surface area contributed by atoms with E-state index in [0.717, 1.165) is 11.3 Å². The Bertz CT molecular complexity index is 776. The Morgan fingerprint density at radius 3 is 2.59 bits per heavy atom. The summed E-state index contributed by atoms with van der Waals surface area (Å²) in [5.74, 6) is -2.71. The van der Waals surface area contributed by atoms with Gasteiger partial charge < -0.3 is 10.1 Å². The number of ether oxygens (including phenoxy) is 1. The Morgan fingerprint density at radius 2 is 1.96 bits per heavy atom. The predicted octanol–water partition coefficient (Wildman–Crippen LogP) is 1.21. The van der Waals surface area contributed by atoms with Gasteiger partial charge in [0, 0.05) is 0 Å². The molecule has 3 rings (SSSR count). The van der Waals surface area contributed by atoms with E-state index in [4.69, 9.17) is 4.74 Å². The molecule has 1 aromatic carbocycles. The van der Waals surface area contributed by atoms with Crippen LogP contribution in [0.2, 0.25) is 0 Å². The molecule has 142 valence electrons. The highest BCUT2D eigenvalue weighted by atomic mass is 16.5. The number of likely N-dealkylation sites (tertiary alicyclic amines) is 1. The number of esters is 1. The van der Waals surface area contributed by atoms with E-state index in [1.165, 1.54) is 7.11 Å². The number of amides is 3. The highest BCUT2D eigenvalue weighted by molar-refractivity contribution is 6.08. The van der Waals surface area contributed by atoms with Gasteiger partial charge in [0.1, 0.15) is 6.54 Å². The van der Waals surface area contributed by atoms with Crippen molar-refractivity contribution in [3.8, 4) is 0 Å². The van der Waals surface area contributed by atoms with Gasteiger partial charge >= 0.3 is 5.97 Å². The van der Waals surface area contributed by atoms with Crippen molar-refractivity contribution in [2.45, 2.75) is 18.9 Å². The van der Waals surface area contributed by atoms with Gasteiger partial charge in [0.05, 0.1) is 18.9 Å². The van der Waals surface area contributed by atoms with Gasteiger partial charge in [0.2, 0.25) is 17.7 Å². The van der Waals surface area contributed by atoms with Crippen LogP contribution in [0.3, 0.4) is 0 Å². The van der Waals surface area contributed by atoms with Crippen molar-refractivity contribution in [2.24, 2.45) is 17.8 Å². The summed E-state index contributed by atoms with van der Waals surface area (Å²) in [6.45, 7) is 3.33. The number of rotatable bonds is 6. The molecule has 0 aromatic heterocycles. The average molecular weight is 370 g/mol. The fourth-order valence-corrected chi connectivity index (χ4v) is 3.96. The second-order valence-corrected chi connectivity index (χ2v) is 6.81. The zero-order valence-electron chi connectivity index (χ0n) is 15.1. The van der Waals surface area contributed by atoms with E-state index >= 15 is 0 Å². The maximum atomic E-state index is 12.6. The van der Waals surface area contributed by atoms with Crippen LogP contribution in [0.4, 0.5) is 0 Å². The molecule has 4 atom stereocenters. The molecule has 1 saturated carbocycles. The second-order valence-electron chi connectivity index (χ2n) is 6.81. The molecule has 1 saturated heterocycles. The smallest absolute Gasteiger partial charge is 0.333 e.